The first-order valence-electron chi connectivity index (χ1n) is 8.51. The number of ether oxygens (including phenoxy) is 1. The van der Waals surface area contributed by atoms with Crippen LogP contribution in [0.3, 0.4) is 0 Å². The van der Waals surface area contributed by atoms with Gasteiger partial charge in [-0.3, -0.25) is 4.99 Å². The SMILES string of the molecule is CCCCOc1ccc2c(c1)CCN=C2C(Cl)=Cc1ccccc1. The quantitative estimate of drug-likeness (QED) is 0.637. The Hall–Kier alpha value is -2.06. The van der Waals surface area contributed by atoms with E-state index in [1.54, 1.807) is 0 Å². The Bertz CT molecular complexity index is 750. The van der Waals surface area contributed by atoms with Crippen LogP contribution < -0.4 is 4.74 Å². The second-order valence-electron chi connectivity index (χ2n) is 5.90. The largest absolute Gasteiger partial charge is 0.494 e. The minimum absolute atomic E-state index is 0.682. The lowest BCUT2D eigenvalue weighted by atomic mass is 9.96. The van der Waals surface area contributed by atoms with E-state index in [0.29, 0.717) is 5.03 Å². The molecular formula is C21H22ClNO. The molecule has 3 heteroatoms. The molecule has 0 N–H and O–H groups in total. The van der Waals surface area contributed by atoms with E-state index in [1.165, 1.54) is 5.56 Å². The zero-order chi connectivity index (χ0) is 16.8. The minimum atomic E-state index is 0.682. The smallest absolute Gasteiger partial charge is 0.119 e. The van der Waals surface area contributed by atoms with E-state index in [4.69, 9.17) is 16.3 Å². The second kappa shape index (κ2) is 8.16. The van der Waals surface area contributed by atoms with Gasteiger partial charge in [0, 0.05) is 12.1 Å². The Morgan fingerprint density at radius 3 is 2.83 bits per heavy atom. The van der Waals surface area contributed by atoms with Crippen LogP contribution in [0.4, 0.5) is 0 Å². The third kappa shape index (κ3) is 4.07. The van der Waals surface area contributed by atoms with Crippen LogP contribution in [0.25, 0.3) is 6.08 Å². The Kier molecular flexibility index (Phi) is 5.71. The van der Waals surface area contributed by atoms with Crippen molar-refractivity contribution in [2.24, 2.45) is 4.99 Å². The molecule has 0 saturated carbocycles. The van der Waals surface area contributed by atoms with Gasteiger partial charge in [0.25, 0.3) is 0 Å². The van der Waals surface area contributed by atoms with Crippen LogP contribution in [0.15, 0.2) is 58.6 Å². The lowest BCUT2D eigenvalue weighted by Crippen LogP contribution is -2.13. The molecule has 0 atom stereocenters. The number of unbranched alkanes of at least 4 members (excludes halogenated alkanes) is 1. The van der Waals surface area contributed by atoms with Crippen molar-refractivity contribution >= 4 is 23.4 Å². The molecule has 1 aliphatic rings. The molecule has 2 aromatic carbocycles. The maximum atomic E-state index is 6.56. The van der Waals surface area contributed by atoms with E-state index < -0.39 is 0 Å². The standard InChI is InChI=1S/C21H22ClNO/c1-2-3-13-24-18-9-10-19-17(15-18)11-12-23-21(19)20(22)14-16-7-5-4-6-8-16/h4-10,14-15H,2-3,11-13H2,1H3. The number of nitrogens with zero attached hydrogens (tertiary/aromatic N) is 1. The molecule has 0 spiro atoms. The molecule has 2 aromatic rings. The summed E-state index contributed by atoms with van der Waals surface area (Å²) in [6.45, 7) is 3.70. The molecule has 0 amide bonds. The van der Waals surface area contributed by atoms with Gasteiger partial charge in [0.15, 0.2) is 0 Å². The van der Waals surface area contributed by atoms with Crippen LogP contribution in [0.2, 0.25) is 0 Å². The predicted octanol–water partition coefficient (Wildman–Crippen LogP) is 5.49. The van der Waals surface area contributed by atoms with Crippen LogP contribution in [0.1, 0.15) is 36.5 Å². The Morgan fingerprint density at radius 1 is 1.21 bits per heavy atom. The van der Waals surface area contributed by atoms with Crippen molar-refractivity contribution < 1.29 is 4.74 Å². The van der Waals surface area contributed by atoms with Crippen LogP contribution in [-0.2, 0) is 6.42 Å². The van der Waals surface area contributed by atoms with Gasteiger partial charge >= 0.3 is 0 Å². The first kappa shape index (κ1) is 16.8. The summed E-state index contributed by atoms with van der Waals surface area (Å²) in [6, 6.07) is 16.3. The van der Waals surface area contributed by atoms with E-state index in [1.807, 2.05) is 42.5 Å². The average molecular weight is 340 g/mol. The van der Waals surface area contributed by atoms with Crippen molar-refractivity contribution in [3.05, 3.63) is 70.3 Å². The summed E-state index contributed by atoms with van der Waals surface area (Å²) in [5.41, 5.74) is 4.33. The van der Waals surface area contributed by atoms with Crippen LogP contribution in [-0.4, -0.2) is 18.9 Å². The summed E-state index contributed by atoms with van der Waals surface area (Å²) in [4.78, 5) is 4.65. The lowest BCUT2D eigenvalue weighted by molar-refractivity contribution is 0.309. The van der Waals surface area contributed by atoms with Gasteiger partial charge < -0.3 is 4.74 Å². The Labute approximate surface area is 148 Å². The minimum Gasteiger partial charge on any atom is -0.494 e. The van der Waals surface area contributed by atoms with Gasteiger partial charge in [-0.05, 0) is 48.2 Å². The van der Waals surface area contributed by atoms with Crippen molar-refractivity contribution in [2.45, 2.75) is 26.2 Å². The number of hydrogen-bond donors (Lipinski definition) is 0. The zero-order valence-electron chi connectivity index (χ0n) is 14.0. The number of allylic oxidation sites excluding steroid dienone is 1. The second-order valence-corrected chi connectivity index (χ2v) is 6.31. The molecule has 0 unspecified atom stereocenters. The van der Waals surface area contributed by atoms with E-state index in [2.05, 4.69) is 24.0 Å². The molecule has 1 heterocycles. The normalized spacial score (nSPS) is 14.1. The highest BCUT2D eigenvalue weighted by Gasteiger charge is 2.17. The molecule has 0 fully saturated rings. The van der Waals surface area contributed by atoms with E-state index in [9.17, 15) is 0 Å². The molecular weight excluding hydrogens is 318 g/mol. The molecule has 0 bridgehead atoms. The van der Waals surface area contributed by atoms with Gasteiger partial charge in [0.1, 0.15) is 5.75 Å². The fourth-order valence-electron chi connectivity index (χ4n) is 2.77. The van der Waals surface area contributed by atoms with Crippen molar-refractivity contribution in [2.75, 3.05) is 13.2 Å². The fourth-order valence-corrected chi connectivity index (χ4v) is 3.06. The topological polar surface area (TPSA) is 21.6 Å². The van der Waals surface area contributed by atoms with Gasteiger partial charge in [-0.2, -0.15) is 0 Å². The summed E-state index contributed by atoms with van der Waals surface area (Å²) in [7, 11) is 0. The molecule has 0 aromatic heterocycles. The molecule has 1 aliphatic heterocycles. The maximum Gasteiger partial charge on any atom is 0.119 e. The van der Waals surface area contributed by atoms with Crippen LogP contribution in [0, 0.1) is 0 Å². The van der Waals surface area contributed by atoms with Gasteiger partial charge in [0.2, 0.25) is 0 Å². The highest BCUT2D eigenvalue weighted by atomic mass is 35.5. The molecule has 2 nitrogen and oxygen atoms in total. The highest BCUT2D eigenvalue weighted by Crippen LogP contribution is 2.27. The summed E-state index contributed by atoms with van der Waals surface area (Å²) in [5, 5.41) is 0.682. The molecule has 3 rings (SSSR count). The van der Waals surface area contributed by atoms with E-state index in [-0.39, 0.29) is 0 Å². The van der Waals surface area contributed by atoms with Crippen molar-refractivity contribution in [1.29, 1.82) is 0 Å². The average Bonchev–Trinajstić information content (AvgIpc) is 2.62. The van der Waals surface area contributed by atoms with Gasteiger partial charge in [-0.25, -0.2) is 0 Å². The molecule has 124 valence electrons. The lowest BCUT2D eigenvalue weighted by Gasteiger charge is -2.18. The van der Waals surface area contributed by atoms with E-state index >= 15 is 0 Å². The summed E-state index contributed by atoms with van der Waals surface area (Å²) in [5.74, 6) is 0.937. The van der Waals surface area contributed by atoms with Gasteiger partial charge in [-0.1, -0.05) is 55.3 Å². The van der Waals surface area contributed by atoms with E-state index in [0.717, 1.165) is 55.0 Å². The number of rotatable bonds is 6. The van der Waals surface area contributed by atoms with Crippen LogP contribution >= 0.6 is 11.6 Å². The number of benzene rings is 2. The van der Waals surface area contributed by atoms with Crippen molar-refractivity contribution in [3.63, 3.8) is 0 Å². The molecule has 0 radical (unpaired) electrons. The predicted molar refractivity (Wildman–Crippen MR) is 102 cm³/mol. The Morgan fingerprint density at radius 2 is 2.04 bits per heavy atom. The highest BCUT2D eigenvalue weighted by molar-refractivity contribution is 6.48. The number of fused-ring (bicyclic) bond motifs is 1. The first-order valence-corrected chi connectivity index (χ1v) is 8.89. The summed E-state index contributed by atoms with van der Waals surface area (Å²) in [6.07, 6.45) is 5.12. The van der Waals surface area contributed by atoms with Crippen LogP contribution in [0.5, 0.6) is 5.75 Å². The molecule has 0 saturated heterocycles. The third-order valence-electron chi connectivity index (χ3n) is 4.07. The first-order chi connectivity index (χ1) is 11.8. The Balaban J connectivity index is 1.83. The zero-order valence-corrected chi connectivity index (χ0v) is 14.7. The summed E-state index contributed by atoms with van der Waals surface area (Å²) >= 11 is 6.56. The molecule has 0 aliphatic carbocycles. The van der Waals surface area contributed by atoms with Crippen molar-refractivity contribution in [3.8, 4) is 5.75 Å². The van der Waals surface area contributed by atoms with Gasteiger partial charge in [-0.15, -0.1) is 0 Å². The summed E-state index contributed by atoms with van der Waals surface area (Å²) < 4.78 is 5.82. The number of aliphatic imine (C=N–C) groups is 1. The monoisotopic (exact) mass is 339 g/mol. The number of halogens is 1. The fraction of sp³-hybridized carbons (Fsp3) is 0.286. The number of hydrogen-bond acceptors (Lipinski definition) is 2. The van der Waals surface area contributed by atoms with Gasteiger partial charge in [0.05, 0.1) is 17.4 Å². The third-order valence-corrected chi connectivity index (χ3v) is 4.36. The molecule has 24 heavy (non-hydrogen) atoms. The van der Waals surface area contributed by atoms with Crippen molar-refractivity contribution in [1.82, 2.24) is 0 Å². The maximum absolute atomic E-state index is 6.56.